The van der Waals surface area contributed by atoms with E-state index >= 15 is 0 Å². The van der Waals surface area contributed by atoms with Gasteiger partial charge in [0.15, 0.2) is 0 Å². The second kappa shape index (κ2) is 6.85. The zero-order valence-electron chi connectivity index (χ0n) is 13.3. The van der Waals surface area contributed by atoms with Crippen LogP contribution in [-0.2, 0) is 13.5 Å². The van der Waals surface area contributed by atoms with Gasteiger partial charge in [0.25, 0.3) is 0 Å². The zero-order valence-corrected chi connectivity index (χ0v) is 13.3. The molecule has 2 aromatic rings. The molecule has 1 aromatic heterocycles. The Kier molecular flexibility index (Phi) is 5.12. The summed E-state index contributed by atoms with van der Waals surface area (Å²) in [4.78, 5) is 0. The Bertz CT molecular complexity index is 587. The molecule has 1 N–H and O–H groups in total. The van der Waals surface area contributed by atoms with Gasteiger partial charge in [0.05, 0.1) is 5.69 Å². The molecule has 0 spiro atoms. The Balaban J connectivity index is 2.27. The van der Waals surface area contributed by atoms with Crippen molar-refractivity contribution >= 4 is 0 Å². The first-order chi connectivity index (χ1) is 10.0. The van der Waals surface area contributed by atoms with E-state index in [1.807, 2.05) is 30.8 Å². The van der Waals surface area contributed by atoms with Gasteiger partial charge in [-0.2, -0.15) is 5.10 Å². The van der Waals surface area contributed by atoms with Crippen LogP contribution in [0, 0.1) is 19.7 Å². The summed E-state index contributed by atoms with van der Waals surface area (Å²) in [5.74, 6) is -0.189. The molecule has 0 aliphatic heterocycles. The van der Waals surface area contributed by atoms with Crippen LogP contribution in [0.4, 0.5) is 4.39 Å². The smallest absolute Gasteiger partial charge is 0.123 e. The zero-order chi connectivity index (χ0) is 15.4. The van der Waals surface area contributed by atoms with Crippen molar-refractivity contribution in [1.82, 2.24) is 15.1 Å². The molecule has 2 rings (SSSR count). The molecule has 3 nitrogen and oxygen atoms in total. The minimum atomic E-state index is -0.189. The van der Waals surface area contributed by atoms with Crippen molar-refractivity contribution in [1.29, 1.82) is 0 Å². The lowest BCUT2D eigenvalue weighted by Crippen LogP contribution is -2.25. The summed E-state index contributed by atoms with van der Waals surface area (Å²) in [6.07, 6.45) is 1.92. The Hall–Kier alpha value is -1.68. The lowest BCUT2D eigenvalue weighted by atomic mass is 9.97. The number of aromatic nitrogens is 2. The van der Waals surface area contributed by atoms with Gasteiger partial charge in [-0.1, -0.05) is 19.1 Å². The average molecular weight is 289 g/mol. The van der Waals surface area contributed by atoms with Gasteiger partial charge < -0.3 is 5.32 Å². The summed E-state index contributed by atoms with van der Waals surface area (Å²) >= 11 is 0. The van der Waals surface area contributed by atoms with Crippen molar-refractivity contribution < 1.29 is 4.39 Å². The fourth-order valence-electron chi connectivity index (χ4n) is 2.75. The van der Waals surface area contributed by atoms with Gasteiger partial charge in [-0.3, -0.25) is 4.68 Å². The summed E-state index contributed by atoms with van der Waals surface area (Å²) < 4.78 is 15.0. The van der Waals surface area contributed by atoms with E-state index in [9.17, 15) is 4.39 Å². The molecular weight excluding hydrogens is 265 g/mol. The Morgan fingerprint density at radius 1 is 1.24 bits per heavy atom. The van der Waals surface area contributed by atoms with E-state index in [0.29, 0.717) is 0 Å². The minimum Gasteiger partial charge on any atom is -0.310 e. The molecule has 1 atom stereocenters. The van der Waals surface area contributed by atoms with E-state index < -0.39 is 0 Å². The van der Waals surface area contributed by atoms with Crippen LogP contribution in [0.2, 0.25) is 0 Å². The summed E-state index contributed by atoms with van der Waals surface area (Å²) in [6, 6.07) is 6.97. The van der Waals surface area contributed by atoms with Crippen LogP contribution in [0.1, 0.15) is 41.9 Å². The average Bonchev–Trinajstić information content (AvgIpc) is 2.71. The second-order valence-corrected chi connectivity index (χ2v) is 5.55. The highest BCUT2D eigenvalue weighted by Crippen LogP contribution is 2.24. The predicted molar refractivity (Wildman–Crippen MR) is 83.8 cm³/mol. The van der Waals surface area contributed by atoms with Gasteiger partial charge in [-0.25, -0.2) is 4.39 Å². The van der Waals surface area contributed by atoms with Crippen molar-refractivity contribution in [2.45, 2.75) is 39.7 Å². The molecular formula is C17H24FN3. The molecule has 4 heteroatoms. The molecule has 0 amide bonds. The monoisotopic (exact) mass is 289 g/mol. The Labute approximate surface area is 126 Å². The number of aryl methyl sites for hydroxylation is 2. The molecule has 0 bridgehead atoms. The fraction of sp³-hybridized carbons (Fsp3) is 0.471. The SMILES string of the molecule is CCCNC(Cc1ccc(F)cc1)c1c(C)nn(C)c1C. The topological polar surface area (TPSA) is 29.9 Å². The van der Waals surface area contributed by atoms with Crippen LogP contribution < -0.4 is 5.32 Å². The number of nitrogens with zero attached hydrogens (tertiary/aromatic N) is 2. The van der Waals surface area contributed by atoms with Crippen molar-refractivity contribution in [3.8, 4) is 0 Å². The van der Waals surface area contributed by atoms with E-state index in [-0.39, 0.29) is 11.9 Å². The Morgan fingerprint density at radius 2 is 1.90 bits per heavy atom. The molecule has 1 heterocycles. The highest BCUT2D eigenvalue weighted by Gasteiger charge is 2.20. The van der Waals surface area contributed by atoms with E-state index in [1.54, 1.807) is 0 Å². The quantitative estimate of drug-likeness (QED) is 0.882. The van der Waals surface area contributed by atoms with Crippen LogP contribution >= 0.6 is 0 Å². The van der Waals surface area contributed by atoms with Gasteiger partial charge in [-0.15, -0.1) is 0 Å². The third kappa shape index (κ3) is 3.70. The summed E-state index contributed by atoms with van der Waals surface area (Å²) in [5, 5.41) is 8.11. The number of rotatable bonds is 6. The molecule has 0 aliphatic carbocycles. The fourth-order valence-corrected chi connectivity index (χ4v) is 2.75. The number of hydrogen-bond donors (Lipinski definition) is 1. The first kappa shape index (κ1) is 15.7. The highest BCUT2D eigenvalue weighted by molar-refractivity contribution is 5.30. The third-order valence-corrected chi connectivity index (χ3v) is 3.91. The van der Waals surface area contributed by atoms with Crippen LogP contribution in [0.25, 0.3) is 0 Å². The van der Waals surface area contributed by atoms with Crippen molar-refractivity contribution in [3.05, 3.63) is 52.6 Å². The van der Waals surface area contributed by atoms with Crippen molar-refractivity contribution in [2.24, 2.45) is 7.05 Å². The van der Waals surface area contributed by atoms with Crippen LogP contribution in [0.15, 0.2) is 24.3 Å². The minimum absolute atomic E-state index is 0.189. The second-order valence-electron chi connectivity index (χ2n) is 5.55. The molecule has 1 unspecified atom stereocenters. The number of benzene rings is 1. The van der Waals surface area contributed by atoms with Gasteiger partial charge in [0.1, 0.15) is 5.82 Å². The van der Waals surface area contributed by atoms with E-state index in [4.69, 9.17) is 0 Å². The van der Waals surface area contributed by atoms with Crippen molar-refractivity contribution in [3.63, 3.8) is 0 Å². The predicted octanol–water partition coefficient (Wildman–Crippen LogP) is 3.46. The van der Waals surface area contributed by atoms with Gasteiger partial charge in [0.2, 0.25) is 0 Å². The van der Waals surface area contributed by atoms with Crippen molar-refractivity contribution in [2.75, 3.05) is 6.54 Å². The van der Waals surface area contributed by atoms with Gasteiger partial charge in [-0.05, 0) is 50.9 Å². The molecule has 1 aromatic carbocycles. The molecule has 0 aliphatic rings. The molecule has 0 saturated heterocycles. The Morgan fingerprint density at radius 3 is 2.43 bits per heavy atom. The van der Waals surface area contributed by atoms with Gasteiger partial charge >= 0.3 is 0 Å². The van der Waals surface area contributed by atoms with Crippen LogP contribution in [0.5, 0.6) is 0 Å². The van der Waals surface area contributed by atoms with Crippen LogP contribution in [-0.4, -0.2) is 16.3 Å². The van der Waals surface area contributed by atoms with Gasteiger partial charge in [0, 0.05) is 24.3 Å². The lowest BCUT2D eigenvalue weighted by molar-refractivity contribution is 0.523. The molecule has 0 radical (unpaired) electrons. The molecule has 0 fully saturated rings. The number of halogens is 1. The summed E-state index contributed by atoms with van der Waals surface area (Å²) in [7, 11) is 1.97. The lowest BCUT2D eigenvalue weighted by Gasteiger charge is -2.19. The molecule has 21 heavy (non-hydrogen) atoms. The largest absolute Gasteiger partial charge is 0.310 e. The third-order valence-electron chi connectivity index (χ3n) is 3.91. The van der Waals surface area contributed by atoms with Crippen LogP contribution in [0.3, 0.4) is 0 Å². The summed E-state index contributed by atoms with van der Waals surface area (Å²) in [6.45, 7) is 7.26. The van der Waals surface area contributed by atoms with E-state index in [0.717, 1.165) is 30.6 Å². The number of hydrogen-bond acceptors (Lipinski definition) is 2. The normalized spacial score (nSPS) is 12.6. The van der Waals surface area contributed by atoms with E-state index in [2.05, 4.69) is 24.3 Å². The first-order valence-corrected chi connectivity index (χ1v) is 7.50. The maximum Gasteiger partial charge on any atom is 0.123 e. The van der Waals surface area contributed by atoms with E-state index in [1.165, 1.54) is 23.4 Å². The number of nitrogens with one attached hydrogen (secondary N) is 1. The molecule has 0 saturated carbocycles. The maximum atomic E-state index is 13.1. The standard InChI is InChI=1S/C17H24FN3/c1-5-10-19-16(11-14-6-8-15(18)9-7-14)17-12(2)20-21(4)13(17)3/h6-9,16,19H,5,10-11H2,1-4H3. The summed E-state index contributed by atoms with van der Waals surface area (Å²) in [5.41, 5.74) is 4.64. The first-order valence-electron chi connectivity index (χ1n) is 7.50. The highest BCUT2D eigenvalue weighted by atomic mass is 19.1. The molecule has 114 valence electrons. The maximum absolute atomic E-state index is 13.1.